The van der Waals surface area contributed by atoms with Crippen LogP contribution in [0.3, 0.4) is 0 Å². The molecule has 14 heteroatoms. The highest BCUT2D eigenvalue weighted by Crippen LogP contribution is 2.38. The Morgan fingerprint density at radius 1 is 0.878 bits per heavy atom. The van der Waals surface area contributed by atoms with Crippen molar-refractivity contribution in [3.8, 4) is 6.07 Å². The van der Waals surface area contributed by atoms with Crippen LogP contribution in [-0.2, 0) is 18.9 Å². The lowest BCUT2D eigenvalue weighted by atomic mass is 10.0. The normalized spacial score (nSPS) is 17.3. The summed E-state index contributed by atoms with van der Waals surface area (Å²) in [5, 5.41) is 23.7. The first kappa shape index (κ1) is 34.3. The highest BCUT2D eigenvalue weighted by molar-refractivity contribution is 5.98. The second kappa shape index (κ2) is 13.7. The molecule has 2 aliphatic heterocycles. The Morgan fingerprint density at radius 2 is 1.51 bits per heavy atom. The van der Waals surface area contributed by atoms with Gasteiger partial charge in [0.1, 0.15) is 11.3 Å². The molecule has 1 unspecified atom stereocenters. The Bertz CT molecular complexity index is 1800. The van der Waals surface area contributed by atoms with Crippen molar-refractivity contribution in [3.05, 3.63) is 100 Å². The predicted molar refractivity (Wildman–Crippen MR) is 168 cm³/mol. The van der Waals surface area contributed by atoms with Crippen LogP contribution in [-0.4, -0.2) is 66.1 Å². The van der Waals surface area contributed by atoms with Gasteiger partial charge in [-0.3, -0.25) is 15.0 Å². The van der Waals surface area contributed by atoms with Crippen LogP contribution in [0.1, 0.15) is 57.4 Å². The lowest BCUT2D eigenvalue weighted by Crippen LogP contribution is -2.48. The maximum Gasteiger partial charge on any atom is 0.416 e. The summed E-state index contributed by atoms with van der Waals surface area (Å²) in [5.74, 6) is -0.0386. The maximum atomic E-state index is 13.3. The number of carbonyl (C=O) groups excluding carboxylic acids is 1. The summed E-state index contributed by atoms with van der Waals surface area (Å²) in [5.41, 5.74) is -0.411. The van der Waals surface area contributed by atoms with E-state index in [0.717, 1.165) is 38.0 Å². The number of amides is 1. The lowest BCUT2D eigenvalue weighted by Gasteiger charge is -2.36. The van der Waals surface area contributed by atoms with E-state index in [1.807, 2.05) is 12.1 Å². The molecular weight excluding hydrogens is 652 g/mol. The van der Waals surface area contributed by atoms with Crippen LogP contribution >= 0.6 is 0 Å². The minimum atomic E-state index is -4.95. The van der Waals surface area contributed by atoms with Crippen molar-refractivity contribution < 1.29 is 40.7 Å². The third kappa shape index (κ3) is 8.01. The number of rotatable bonds is 7. The largest absolute Gasteiger partial charge is 0.457 e. The van der Waals surface area contributed by atoms with E-state index in [9.17, 15) is 36.2 Å². The smallest absolute Gasteiger partial charge is 0.416 e. The van der Waals surface area contributed by atoms with Crippen molar-refractivity contribution in [2.45, 2.75) is 44.0 Å². The number of nitrogens with zero attached hydrogens (tertiary/aromatic N) is 4. The van der Waals surface area contributed by atoms with Crippen molar-refractivity contribution in [3.63, 3.8) is 0 Å². The number of hydrogen-bond donors (Lipinski definition) is 2. The van der Waals surface area contributed by atoms with E-state index in [-0.39, 0.29) is 49.9 Å². The molecule has 0 spiro atoms. The summed E-state index contributed by atoms with van der Waals surface area (Å²) in [6, 6.07) is 17.7. The first-order valence-electron chi connectivity index (χ1n) is 15.8. The first-order valence-corrected chi connectivity index (χ1v) is 15.8. The van der Waals surface area contributed by atoms with Gasteiger partial charge in [-0.05, 0) is 86.1 Å². The third-order valence-electron chi connectivity index (χ3n) is 9.03. The van der Waals surface area contributed by atoms with Gasteiger partial charge < -0.3 is 19.3 Å². The molecule has 3 aromatic carbocycles. The standard InChI is InChI=1S/C35H33F6N5O3/c36-34(37,38)26-17-27(35(39,40)41)19-29(18-26)45-11-13-46(14-12-45)33(48)24-5-6-30-25(15-24)16-31(49-30)32(47)43-28-7-9-44(10-8-28)21-23-3-1-22(20-42)2-4-23/h1-6,15-19,28,32,43,47H,7-14,21H2. The van der Waals surface area contributed by atoms with E-state index in [4.69, 9.17) is 9.68 Å². The van der Waals surface area contributed by atoms with E-state index in [1.54, 1.807) is 36.4 Å². The number of carbonyl (C=O) groups is 1. The molecule has 1 aromatic heterocycles. The molecule has 6 rings (SSSR count). The van der Waals surface area contributed by atoms with Crippen LogP contribution in [0.5, 0.6) is 0 Å². The summed E-state index contributed by atoms with van der Waals surface area (Å²) < 4.78 is 85.9. The fraction of sp³-hybridized carbons (Fsp3) is 0.371. The maximum absolute atomic E-state index is 13.3. The summed E-state index contributed by atoms with van der Waals surface area (Å²) in [6.45, 7) is 2.74. The summed E-state index contributed by atoms with van der Waals surface area (Å²) in [7, 11) is 0. The van der Waals surface area contributed by atoms with Crippen LogP contribution in [0, 0.1) is 11.3 Å². The van der Waals surface area contributed by atoms with Crippen LogP contribution in [0.4, 0.5) is 32.0 Å². The molecule has 1 atom stereocenters. The number of nitrogens with one attached hydrogen (secondary N) is 1. The number of piperazine rings is 1. The molecule has 49 heavy (non-hydrogen) atoms. The molecule has 2 N–H and O–H groups in total. The second-order valence-corrected chi connectivity index (χ2v) is 12.4. The highest BCUT2D eigenvalue weighted by Gasteiger charge is 2.38. The number of hydrogen-bond acceptors (Lipinski definition) is 7. The number of nitriles is 1. The second-order valence-electron chi connectivity index (χ2n) is 12.4. The van der Waals surface area contributed by atoms with Crippen molar-refractivity contribution in [2.75, 3.05) is 44.2 Å². The van der Waals surface area contributed by atoms with Gasteiger partial charge in [0, 0.05) is 55.4 Å². The molecule has 258 valence electrons. The van der Waals surface area contributed by atoms with Crippen molar-refractivity contribution in [1.82, 2.24) is 15.1 Å². The molecule has 8 nitrogen and oxygen atoms in total. The topological polar surface area (TPSA) is 96.0 Å². The van der Waals surface area contributed by atoms with E-state index < -0.39 is 29.7 Å². The van der Waals surface area contributed by atoms with Gasteiger partial charge in [0.15, 0.2) is 6.23 Å². The highest BCUT2D eigenvalue weighted by atomic mass is 19.4. The van der Waals surface area contributed by atoms with Gasteiger partial charge >= 0.3 is 12.4 Å². The Hall–Kier alpha value is -4.58. The Morgan fingerprint density at radius 3 is 2.10 bits per heavy atom. The molecule has 0 saturated carbocycles. The Labute approximate surface area is 278 Å². The molecule has 0 radical (unpaired) electrons. The van der Waals surface area contributed by atoms with E-state index in [2.05, 4.69) is 16.3 Å². The van der Waals surface area contributed by atoms with Crippen LogP contribution in [0.25, 0.3) is 11.0 Å². The SMILES string of the molecule is N#Cc1ccc(CN2CCC(NC(O)c3cc4cc(C(=O)N5CCN(c6cc(C(F)(F)F)cc(C(F)(F)F)c6)CC5)ccc4o3)CC2)cc1. The van der Waals surface area contributed by atoms with Gasteiger partial charge in [-0.25, -0.2) is 0 Å². The fourth-order valence-corrected chi connectivity index (χ4v) is 6.31. The molecule has 1 amide bonds. The number of aliphatic hydroxyl groups excluding tert-OH is 1. The van der Waals surface area contributed by atoms with Gasteiger partial charge in [0.2, 0.25) is 0 Å². The lowest BCUT2D eigenvalue weighted by molar-refractivity contribution is -0.143. The number of likely N-dealkylation sites (tertiary alicyclic amines) is 1. The van der Waals surface area contributed by atoms with E-state index in [1.165, 1.54) is 9.80 Å². The monoisotopic (exact) mass is 685 g/mol. The molecule has 0 aliphatic carbocycles. The number of alkyl halides is 6. The number of fused-ring (bicyclic) bond motifs is 1. The Balaban J connectivity index is 1.04. The summed E-state index contributed by atoms with van der Waals surface area (Å²) in [6.07, 6.45) is -9.33. The zero-order valence-electron chi connectivity index (χ0n) is 26.2. The summed E-state index contributed by atoms with van der Waals surface area (Å²) >= 11 is 0. The zero-order chi connectivity index (χ0) is 34.9. The number of anilines is 1. The fourth-order valence-electron chi connectivity index (χ4n) is 6.31. The van der Waals surface area contributed by atoms with Crippen LogP contribution in [0.2, 0.25) is 0 Å². The summed E-state index contributed by atoms with van der Waals surface area (Å²) in [4.78, 5) is 18.6. The van der Waals surface area contributed by atoms with Gasteiger partial charge in [-0.2, -0.15) is 31.6 Å². The molecule has 3 heterocycles. The third-order valence-corrected chi connectivity index (χ3v) is 9.03. The minimum absolute atomic E-state index is 0.0503. The molecule has 0 bridgehead atoms. The predicted octanol–water partition coefficient (Wildman–Crippen LogP) is 6.55. The van der Waals surface area contributed by atoms with Gasteiger partial charge in [0.25, 0.3) is 5.91 Å². The van der Waals surface area contributed by atoms with Crippen molar-refractivity contribution in [1.29, 1.82) is 5.26 Å². The molecule has 2 aliphatic rings. The quantitative estimate of drug-likeness (QED) is 0.168. The number of piperidine rings is 1. The molecule has 2 saturated heterocycles. The number of furan rings is 1. The molecular formula is C35H33F6N5O3. The zero-order valence-corrected chi connectivity index (χ0v) is 26.2. The van der Waals surface area contributed by atoms with E-state index >= 15 is 0 Å². The van der Waals surface area contributed by atoms with Crippen LogP contribution < -0.4 is 10.2 Å². The molecule has 2 fully saturated rings. The van der Waals surface area contributed by atoms with Gasteiger partial charge in [-0.15, -0.1) is 0 Å². The Kier molecular flexibility index (Phi) is 9.61. The number of halogens is 6. The van der Waals surface area contributed by atoms with E-state index in [0.29, 0.717) is 40.0 Å². The number of aliphatic hydroxyl groups is 1. The van der Waals surface area contributed by atoms with Crippen LogP contribution in [0.15, 0.2) is 71.1 Å². The average Bonchev–Trinajstić information content (AvgIpc) is 3.52. The minimum Gasteiger partial charge on any atom is -0.457 e. The number of benzene rings is 3. The first-order chi connectivity index (χ1) is 23.3. The van der Waals surface area contributed by atoms with Gasteiger partial charge in [-0.1, -0.05) is 12.1 Å². The van der Waals surface area contributed by atoms with Gasteiger partial charge in [0.05, 0.1) is 22.8 Å². The molecule has 4 aromatic rings. The average molecular weight is 686 g/mol. The van der Waals surface area contributed by atoms with Crippen molar-refractivity contribution in [2.24, 2.45) is 0 Å². The van der Waals surface area contributed by atoms with Crippen molar-refractivity contribution >= 4 is 22.6 Å².